The molecule has 0 aromatic carbocycles. The Morgan fingerprint density at radius 2 is 2.10 bits per heavy atom. The molecular formula is C12H11Cl2N3O2S. The molecule has 0 aliphatic rings. The van der Waals surface area contributed by atoms with Crippen LogP contribution in [0.4, 0.5) is 5.82 Å². The molecule has 2 heterocycles. The molecular weight excluding hydrogens is 321 g/mol. The van der Waals surface area contributed by atoms with E-state index in [-0.39, 0.29) is 19.1 Å². The van der Waals surface area contributed by atoms with Crippen LogP contribution < -0.4 is 4.90 Å². The molecule has 0 fully saturated rings. The Morgan fingerprint density at radius 1 is 1.30 bits per heavy atom. The second-order valence-electron chi connectivity index (χ2n) is 3.94. The van der Waals surface area contributed by atoms with Crippen LogP contribution in [0.5, 0.6) is 0 Å². The lowest BCUT2D eigenvalue weighted by Crippen LogP contribution is -2.27. The quantitative estimate of drug-likeness (QED) is 0.788. The highest BCUT2D eigenvalue weighted by atomic mass is 35.5. The molecule has 0 saturated carbocycles. The lowest BCUT2D eigenvalue weighted by Gasteiger charge is -2.16. The van der Waals surface area contributed by atoms with Crippen LogP contribution in [-0.2, 0) is 16.1 Å². The van der Waals surface area contributed by atoms with Crippen LogP contribution >= 0.6 is 34.5 Å². The smallest absolute Gasteiger partial charge is 0.325 e. The summed E-state index contributed by atoms with van der Waals surface area (Å²) in [7, 11) is 1.72. The Labute approximate surface area is 130 Å². The summed E-state index contributed by atoms with van der Waals surface area (Å²) in [6.45, 7) is 0.297. The maximum Gasteiger partial charge on any atom is 0.325 e. The summed E-state index contributed by atoms with van der Waals surface area (Å²) in [6.07, 6.45) is 0. The first-order valence-corrected chi connectivity index (χ1v) is 7.22. The van der Waals surface area contributed by atoms with Gasteiger partial charge in [-0.05, 0) is 24.3 Å². The van der Waals surface area contributed by atoms with Gasteiger partial charge in [-0.1, -0.05) is 23.2 Å². The summed E-state index contributed by atoms with van der Waals surface area (Å²) in [6, 6.07) is 6.89. The Bertz CT molecular complexity index is 589. The highest BCUT2D eigenvalue weighted by molar-refractivity contribution is 7.16. The molecule has 0 bridgehead atoms. The number of aromatic nitrogens is 2. The van der Waals surface area contributed by atoms with Crippen molar-refractivity contribution in [3.8, 4) is 0 Å². The standard InChI is InChI=1S/C12H11Cl2N3O2S/c1-17(11-5-3-9(13)15-16-11)6-12(18)19-7-8-2-4-10(14)20-8/h2-5H,6-7H2,1H3. The molecule has 106 valence electrons. The third-order valence-corrected chi connectivity index (χ3v) is 3.79. The number of hydrogen-bond donors (Lipinski definition) is 0. The fourth-order valence-corrected chi connectivity index (χ4v) is 2.52. The number of esters is 1. The number of thiophene rings is 1. The number of carbonyl (C=O) groups is 1. The molecule has 5 nitrogen and oxygen atoms in total. The number of anilines is 1. The number of likely N-dealkylation sites (N-methyl/N-ethyl adjacent to an activating group) is 1. The summed E-state index contributed by atoms with van der Waals surface area (Å²) < 4.78 is 5.83. The number of carbonyl (C=O) groups excluding carboxylic acids is 1. The Hall–Kier alpha value is -1.37. The van der Waals surface area contributed by atoms with Crippen LogP contribution in [0.1, 0.15) is 4.88 Å². The minimum atomic E-state index is -0.353. The second kappa shape index (κ2) is 6.88. The first-order valence-electron chi connectivity index (χ1n) is 5.65. The summed E-state index contributed by atoms with van der Waals surface area (Å²) in [5.74, 6) is 0.194. The van der Waals surface area contributed by atoms with E-state index < -0.39 is 0 Å². The molecule has 0 unspecified atom stereocenters. The number of rotatable bonds is 5. The van der Waals surface area contributed by atoms with Crippen LogP contribution in [0.2, 0.25) is 9.49 Å². The fraction of sp³-hybridized carbons (Fsp3) is 0.250. The van der Waals surface area contributed by atoms with Crippen molar-refractivity contribution in [3.63, 3.8) is 0 Å². The molecule has 20 heavy (non-hydrogen) atoms. The summed E-state index contributed by atoms with van der Waals surface area (Å²) in [5.41, 5.74) is 0. The number of nitrogens with zero attached hydrogens (tertiary/aromatic N) is 3. The van der Waals surface area contributed by atoms with Crippen molar-refractivity contribution >= 4 is 46.3 Å². The van der Waals surface area contributed by atoms with Crippen LogP contribution in [0.3, 0.4) is 0 Å². The molecule has 0 N–H and O–H groups in total. The summed E-state index contributed by atoms with van der Waals surface area (Å²) in [4.78, 5) is 14.2. The van der Waals surface area contributed by atoms with E-state index in [0.717, 1.165) is 4.88 Å². The zero-order chi connectivity index (χ0) is 14.5. The zero-order valence-electron chi connectivity index (χ0n) is 10.5. The highest BCUT2D eigenvalue weighted by Gasteiger charge is 2.11. The molecule has 0 radical (unpaired) electrons. The van der Waals surface area contributed by atoms with Crippen LogP contribution in [0, 0.1) is 0 Å². The number of ether oxygens (including phenoxy) is 1. The Balaban J connectivity index is 1.83. The SMILES string of the molecule is CN(CC(=O)OCc1ccc(Cl)s1)c1ccc(Cl)nn1. The van der Waals surface area contributed by atoms with Gasteiger partial charge in [0.1, 0.15) is 13.2 Å². The third kappa shape index (κ3) is 4.33. The molecule has 2 aromatic rings. The fourth-order valence-electron chi connectivity index (χ4n) is 1.41. The van der Waals surface area contributed by atoms with Crippen molar-refractivity contribution in [1.29, 1.82) is 0 Å². The summed E-state index contributed by atoms with van der Waals surface area (Å²) in [5, 5.41) is 7.89. The van der Waals surface area contributed by atoms with Gasteiger partial charge in [-0.25, -0.2) is 0 Å². The topological polar surface area (TPSA) is 55.3 Å². The molecule has 0 saturated heterocycles. The first-order chi connectivity index (χ1) is 9.54. The molecule has 0 spiro atoms. The van der Waals surface area contributed by atoms with Crippen molar-refractivity contribution < 1.29 is 9.53 Å². The van der Waals surface area contributed by atoms with E-state index in [2.05, 4.69) is 10.2 Å². The predicted molar refractivity (Wildman–Crippen MR) is 79.4 cm³/mol. The van der Waals surface area contributed by atoms with Gasteiger partial charge >= 0.3 is 5.97 Å². The Morgan fingerprint density at radius 3 is 2.70 bits per heavy atom. The lowest BCUT2D eigenvalue weighted by atomic mass is 10.4. The second-order valence-corrected chi connectivity index (χ2v) is 6.12. The van der Waals surface area contributed by atoms with Gasteiger partial charge in [0.05, 0.1) is 4.34 Å². The van der Waals surface area contributed by atoms with E-state index in [0.29, 0.717) is 15.3 Å². The van der Waals surface area contributed by atoms with Crippen molar-refractivity contribution in [2.24, 2.45) is 0 Å². The largest absolute Gasteiger partial charge is 0.459 e. The van der Waals surface area contributed by atoms with E-state index in [9.17, 15) is 4.79 Å². The van der Waals surface area contributed by atoms with Gasteiger partial charge in [0.25, 0.3) is 0 Å². The third-order valence-electron chi connectivity index (χ3n) is 2.38. The van der Waals surface area contributed by atoms with E-state index in [1.165, 1.54) is 11.3 Å². The normalized spacial score (nSPS) is 10.3. The molecule has 0 aliphatic carbocycles. The van der Waals surface area contributed by atoms with Gasteiger partial charge in [-0.3, -0.25) is 4.79 Å². The first kappa shape index (κ1) is 15.0. The monoisotopic (exact) mass is 331 g/mol. The van der Waals surface area contributed by atoms with E-state index in [4.69, 9.17) is 27.9 Å². The van der Waals surface area contributed by atoms with Crippen LogP contribution in [-0.4, -0.2) is 29.8 Å². The van der Waals surface area contributed by atoms with Gasteiger partial charge < -0.3 is 9.64 Å². The average molecular weight is 332 g/mol. The molecule has 0 atom stereocenters. The van der Waals surface area contributed by atoms with E-state index in [1.54, 1.807) is 30.1 Å². The maximum atomic E-state index is 11.7. The number of halogens is 2. The van der Waals surface area contributed by atoms with Crippen molar-refractivity contribution in [2.45, 2.75) is 6.61 Å². The van der Waals surface area contributed by atoms with Crippen molar-refractivity contribution in [3.05, 3.63) is 38.6 Å². The summed E-state index contributed by atoms with van der Waals surface area (Å²) >= 11 is 12.8. The molecule has 2 rings (SSSR count). The van der Waals surface area contributed by atoms with E-state index >= 15 is 0 Å². The average Bonchev–Trinajstić information content (AvgIpc) is 2.83. The van der Waals surface area contributed by atoms with Gasteiger partial charge in [0.2, 0.25) is 0 Å². The molecule has 0 aliphatic heterocycles. The molecule has 8 heteroatoms. The van der Waals surface area contributed by atoms with Crippen molar-refractivity contribution in [1.82, 2.24) is 10.2 Å². The predicted octanol–water partition coefficient (Wildman–Crippen LogP) is 3.02. The van der Waals surface area contributed by atoms with Crippen molar-refractivity contribution in [2.75, 3.05) is 18.5 Å². The zero-order valence-corrected chi connectivity index (χ0v) is 12.9. The molecule has 0 amide bonds. The van der Waals surface area contributed by atoms with E-state index in [1.807, 2.05) is 6.07 Å². The lowest BCUT2D eigenvalue weighted by molar-refractivity contribution is -0.143. The minimum Gasteiger partial charge on any atom is -0.459 e. The van der Waals surface area contributed by atoms with Gasteiger partial charge in [-0.2, -0.15) is 0 Å². The molecule has 2 aromatic heterocycles. The van der Waals surface area contributed by atoms with Gasteiger partial charge in [0.15, 0.2) is 11.0 Å². The van der Waals surface area contributed by atoms with Gasteiger partial charge in [0, 0.05) is 11.9 Å². The van der Waals surface area contributed by atoms with Crippen LogP contribution in [0.15, 0.2) is 24.3 Å². The van der Waals surface area contributed by atoms with Crippen LogP contribution in [0.25, 0.3) is 0 Å². The number of hydrogen-bond acceptors (Lipinski definition) is 6. The maximum absolute atomic E-state index is 11.7. The minimum absolute atomic E-state index is 0.0788. The Kier molecular flexibility index (Phi) is 5.17. The highest BCUT2D eigenvalue weighted by Crippen LogP contribution is 2.22. The van der Waals surface area contributed by atoms with Gasteiger partial charge in [-0.15, -0.1) is 21.5 Å².